The molecule has 2 aromatic rings. The van der Waals surface area contributed by atoms with Crippen molar-refractivity contribution in [1.29, 1.82) is 0 Å². The van der Waals surface area contributed by atoms with Crippen LogP contribution in [0, 0.1) is 19.3 Å². The number of nitrogens with one attached hydrogen (secondary N) is 1. The molecule has 3 rings (SSSR count). The zero-order valence-electron chi connectivity index (χ0n) is 16.4. The second-order valence-electron chi connectivity index (χ2n) is 7.86. The van der Waals surface area contributed by atoms with Crippen LogP contribution in [0.2, 0.25) is 5.02 Å². The fraction of sp³-hybridized carbons (Fsp3) is 0.350. The van der Waals surface area contributed by atoms with Gasteiger partial charge in [0.1, 0.15) is 5.76 Å². The van der Waals surface area contributed by atoms with Gasteiger partial charge in [0.2, 0.25) is 5.96 Å². The predicted molar refractivity (Wildman–Crippen MR) is 112 cm³/mol. The molecule has 148 valence electrons. The predicted octanol–water partition coefficient (Wildman–Crippen LogP) is 3.75. The number of carbonyl (C=O) groups is 1. The Labute approximate surface area is 168 Å². The van der Waals surface area contributed by atoms with Crippen molar-refractivity contribution in [3.05, 3.63) is 51.4 Å². The van der Waals surface area contributed by atoms with Crippen LogP contribution < -0.4 is 16.8 Å². The molecule has 1 aromatic heterocycles. The maximum Gasteiger partial charge on any atom is 0.291 e. The number of hydrogen-bond donors (Lipinski definition) is 3. The van der Waals surface area contributed by atoms with Crippen molar-refractivity contribution in [3.63, 3.8) is 0 Å². The second-order valence-corrected chi connectivity index (χ2v) is 8.27. The van der Waals surface area contributed by atoms with Crippen LogP contribution in [0.1, 0.15) is 53.3 Å². The van der Waals surface area contributed by atoms with Gasteiger partial charge in [-0.3, -0.25) is 4.79 Å². The summed E-state index contributed by atoms with van der Waals surface area (Å²) in [5, 5.41) is 11.4. The van der Waals surface area contributed by atoms with E-state index in [9.17, 15) is 4.79 Å². The summed E-state index contributed by atoms with van der Waals surface area (Å²) in [5.74, 6) is 0.501. The molecule has 7 nitrogen and oxygen atoms in total. The molecular formula is C20H24ClN5O2. The number of guanidine groups is 1. The summed E-state index contributed by atoms with van der Waals surface area (Å²) >= 11 is 6.14. The zero-order chi connectivity index (χ0) is 20.6. The van der Waals surface area contributed by atoms with Crippen molar-refractivity contribution in [2.45, 2.75) is 40.5 Å². The third kappa shape index (κ3) is 4.04. The van der Waals surface area contributed by atoms with E-state index in [0.717, 1.165) is 11.1 Å². The van der Waals surface area contributed by atoms with Gasteiger partial charge in [0, 0.05) is 28.3 Å². The van der Waals surface area contributed by atoms with Crippen molar-refractivity contribution < 1.29 is 9.21 Å². The van der Waals surface area contributed by atoms with Crippen LogP contribution in [0.3, 0.4) is 0 Å². The van der Waals surface area contributed by atoms with E-state index in [2.05, 4.69) is 29.4 Å². The summed E-state index contributed by atoms with van der Waals surface area (Å²) in [6, 6.07) is 5.36. The number of anilines is 1. The summed E-state index contributed by atoms with van der Waals surface area (Å²) in [7, 11) is 0. The summed E-state index contributed by atoms with van der Waals surface area (Å²) < 4.78 is 5.96. The molecule has 1 amide bonds. The molecule has 1 heterocycles. The maximum absolute atomic E-state index is 12.8. The quantitative estimate of drug-likeness (QED) is 0.412. The van der Waals surface area contributed by atoms with E-state index < -0.39 is 0 Å². The first-order valence-electron chi connectivity index (χ1n) is 8.93. The van der Waals surface area contributed by atoms with Crippen LogP contribution in [-0.4, -0.2) is 17.6 Å². The SMILES string of the molecule is Cc1ccc(NC(=O)c2oc3c(c2C)/C(=N\N=C(N)N)CC(C)(C)C3)cc1Cl. The van der Waals surface area contributed by atoms with E-state index in [4.69, 9.17) is 27.5 Å². The van der Waals surface area contributed by atoms with Crippen LogP contribution in [0.4, 0.5) is 5.69 Å². The molecule has 8 heteroatoms. The number of nitrogens with zero attached hydrogens (tertiary/aromatic N) is 2. The van der Waals surface area contributed by atoms with Gasteiger partial charge in [-0.15, -0.1) is 5.10 Å². The van der Waals surface area contributed by atoms with Crippen molar-refractivity contribution >= 4 is 34.9 Å². The summed E-state index contributed by atoms with van der Waals surface area (Å²) in [5.41, 5.74) is 14.5. The standard InChI is InChI=1S/C20H24ClN5O2/c1-10-5-6-12(7-13(10)21)24-18(27)17-11(2)16-14(25-26-19(22)23)8-20(3,4)9-15(16)28-17/h5-7H,8-9H2,1-4H3,(H,24,27)(H4,22,23,26)/b25-14-. The molecule has 0 bridgehead atoms. The number of carbonyl (C=O) groups excluding carboxylic acids is 1. The molecule has 0 atom stereocenters. The average Bonchev–Trinajstić information content (AvgIpc) is 2.91. The van der Waals surface area contributed by atoms with Crippen molar-refractivity contribution in [1.82, 2.24) is 0 Å². The molecular weight excluding hydrogens is 378 g/mol. The highest BCUT2D eigenvalue weighted by Crippen LogP contribution is 2.39. The third-order valence-corrected chi connectivity index (χ3v) is 5.12. The molecule has 0 radical (unpaired) electrons. The number of furan rings is 1. The van der Waals surface area contributed by atoms with E-state index in [-0.39, 0.29) is 23.0 Å². The minimum Gasteiger partial charge on any atom is -0.455 e. The van der Waals surface area contributed by atoms with Crippen LogP contribution in [-0.2, 0) is 6.42 Å². The van der Waals surface area contributed by atoms with Gasteiger partial charge in [-0.2, -0.15) is 5.10 Å². The number of hydrogen-bond acceptors (Lipinski definition) is 4. The van der Waals surface area contributed by atoms with Gasteiger partial charge in [-0.1, -0.05) is 31.5 Å². The topological polar surface area (TPSA) is 119 Å². The molecule has 0 unspecified atom stereocenters. The Hall–Kier alpha value is -2.80. The van der Waals surface area contributed by atoms with E-state index in [0.29, 0.717) is 40.6 Å². The number of fused-ring (bicyclic) bond motifs is 1. The van der Waals surface area contributed by atoms with Crippen LogP contribution in [0.5, 0.6) is 0 Å². The lowest BCUT2D eigenvalue weighted by Gasteiger charge is -2.29. The van der Waals surface area contributed by atoms with Crippen molar-refractivity contribution in [3.8, 4) is 0 Å². The van der Waals surface area contributed by atoms with Gasteiger partial charge in [-0.25, -0.2) is 0 Å². The highest BCUT2D eigenvalue weighted by atomic mass is 35.5. The number of amides is 1. The van der Waals surface area contributed by atoms with Gasteiger partial charge >= 0.3 is 0 Å². The Morgan fingerprint density at radius 1 is 1.25 bits per heavy atom. The van der Waals surface area contributed by atoms with Crippen molar-refractivity contribution in [2.24, 2.45) is 27.1 Å². The second kappa shape index (κ2) is 7.31. The summed E-state index contributed by atoms with van der Waals surface area (Å²) in [4.78, 5) is 12.8. The summed E-state index contributed by atoms with van der Waals surface area (Å²) in [6.45, 7) is 7.94. The van der Waals surface area contributed by atoms with Crippen LogP contribution in [0.15, 0.2) is 32.8 Å². The molecule has 0 fully saturated rings. The molecule has 0 aliphatic heterocycles. The Balaban J connectivity index is 1.98. The molecule has 5 N–H and O–H groups in total. The first kappa shape index (κ1) is 19.9. The third-order valence-electron chi connectivity index (χ3n) is 4.72. The highest BCUT2D eigenvalue weighted by molar-refractivity contribution is 6.31. The number of rotatable bonds is 3. The molecule has 28 heavy (non-hydrogen) atoms. The van der Waals surface area contributed by atoms with Gasteiger partial charge in [0.05, 0.1) is 5.71 Å². The zero-order valence-corrected chi connectivity index (χ0v) is 17.1. The Morgan fingerprint density at radius 2 is 1.96 bits per heavy atom. The average molecular weight is 402 g/mol. The smallest absolute Gasteiger partial charge is 0.291 e. The monoisotopic (exact) mass is 401 g/mol. The van der Waals surface area contributed by atoms with Gasteiger partial charge in [0.15, 0.2) is 5.76 Å². The van der Waals surface area contributed by atoms with E-state index in [1.54, 1.807) is 12.1 Å². The van der Waals surface area contributed by atoms with Crippen LogP contribution in [0.25, 0.3) is 0 Å². The van der Waals surface area contributed by atoms with E-state index >= 15 is 0 Å². The van der Waals surface area contributed by atoms with Gasteiger partial charge < -0.3 is 21.2 Å². The molecule has 1 aromatic carbocycles. The first-order valence-corrected chi connectivity index (χ1v) is 9.31. The molecule has 1 aliphatic carbocycles. The molecule has 0 spiro atoms. The Bertz CT molecular complexity index is 1000. The molecule has 0 saturated carbocycles. The first-order chi connectivity index (χ1) is 13.1. The lowest BCUT2D eigenvalue weighted by molar-refractivity contribution is 0.0993. The largest absolute Gasteiger partial charge is 0.455 e. The minimum atomic E-state index is -0.342. The van der Waals surface area contributed by atoms with Gasteiger partial charge in [-0.05, 0) is 43.4 Å². The number of halogens is 1. The number of aryl methyl sites for hydroxylation is 1. The lowest BCUT2D eigenvalue weighted by Crippen LogP contribution is -2.27. The normalized spacial score (nSPS) is 16.5. The fourth-order valence-corrected chi connectivity index (χ4v) is 3.57. The van der Waals surface area contributed by atoms with E-state index in [1.165, 1.54) is 0 Å². The summed E-state index contributed by atoms with van der Waals surface area (Å²) in [6.07, 6.45) is 1.36. The maximum atomic E-state index is 12.8. The Kier molecular flexibility index (Phi) is 5.21. The minimum absolute atomic E-state index is 0.0900. The van der Waals surface area contributed by atoms with Crippen LogP contribution >= 0.6 is 11.6 Å². The van der Waals surface area contributed by atoms with Gasteiger partial charge in [0.25, 0.3) is 5.91 Å². The number of nitrogens with two attached hydrogens (primary N) is 2. The number of benzene rings is 1. The molecule has 1 aliphatic rings. The van der Waals surface area contributed by atoms with Crippen molar-refractivity contribution in [2.75, 3.05) is 5.32 Å². The van der Waals surface area contributed by atoms with E-state index in [1.807, 2.05) is 19.9 Å². The highest BCUT2D eigenvalue weighted by Gasteiger charge is 2.36. The fourth-order valence-electron chi connectivity index (χ4n) is 3.39. The molecule has 0 saturated heterocycles. The Morgan fingerprint density at radius 3 is 2.61 bits per heavy atom. The lowest BCUT2D eigenvalue weighted by atomic mass is 9.75.